The summed E-state index contributed by atoms with van der Waals surface area (Å²) < 4.78 is 98.9. The van der Waals surface area contributed by atoms with Crippen molar-refractivity contribution >= 4 is 35.4 Å². The molecule has 2 aliphatic rings. The number of benzene rings is 4. The van der Waals surface area contributed by atoms with Crippen molar-refractivity contribution in [2.24, 2.45) is 0 Å². The molecule has 4 aromatic carbocycles. The van der Waals surface area contributed by atoms with Crippen molar-refractivity contribution in [3.63, 3.8) is 0 Å². The van der Waals surface area contributed by atoms with Crippen LogP contribution in [0, 0.1) is 22.7 Å². The summed E-state index contributed by atoms with van der Waals surface area (Å²) in [7, 11) is 0. The molecule has 0 bridgehead atoms. The van der Waals surface area contributed by atoms with E-state index in [4.69, 9.17) is 23.7 Å². The van der Waals surface area contributed by atoms with Gasteiger partial charge in [-0.1, -0.05) is 42.5 Å². The van der Waals surface area contributed by atoms with Gasteiger partial charge >= 0.3 is 30.2 Å². The van der Waals surface area contributed by atoms with E-state index in [-0.39, 0.29) is 105 Å². The van der Waals surface area contributed by atoms with Gasteiger partial charge in [-0.25, -0.2) is 28.0 Å². The fraction of sp³-hybridized carbons (Fsp3) is 0.358. The first-order chi connectivity index (χ1) is 34.9. The van der Waals surface area contributed by atoms with Gasteiger partial charge in [-0.05, 0) is 93.4 Å². The highest BCUT2D eigenvalue weighted by Crippen LogP contribution is 2.43. The molecule has 0 aromatic heterocycles. The van der Waals surface area contributed by atoms with Gasteiger partial charge in [-0.2, -0.15) is 23.7 Å². The Morgan fingerprint density at radius 1 is 0.575 bits per heavy atom. The first-order valence-corrected chi connectivity index (χ1v) is 23.2. The number of alkyl halides is 5. The van der Waals surface area contributed by atoms with E-state index in [0.717, 1.165) is 30.0 Å². The number of urea groups is 2. The fourth-order valence-electron chi connectivity index (χ4n) is 8.49. The van der Waals surface area contributed by atoms with Crippen LogP contribution in [0.3, 0.4) is 0 Å². The summed E-state index contributed by atoms with van der Waals surface area (Å²) in [5.41, 5.74) is 0.514. The zero-order valence-electron chi connectivity index (χ0n) is 40.7. The molecule has 2 atom stereocenters. The molecular formula is C53H53F5N6O9. The molecule has 0 fully saturated rings. The number of hydrogen-bond donors (Lipinski definition) is 0. The van der Waals surface area contributed by atoms with Crippen LogP contribution in [0.4, 0.5) is 42.9 Å². The molecule has 384 valence electrons. The number of carbonyl (C=O) groups excluding carboxylic acids is 4. The number of anilines is 2. The minimum Gasteiger partial charge on any atom is -0.463 e. The first kappa shape index (κ1) is 54.7. The van der Waals surface area contributed by atoms with E-state index in [9.17, 15) is 51.7 Å². The van der Waals surface area contributed by atoms with Gasteiger partial charge in [-0.15, -0.1) is 0 Å². The Labute approximate surface area is 419 Å². The lowest BCUT2D eigenvalue weighted by Crippen LogP contribution is -2.52. The highest BCUT2D eigenvalue weighted by molar-refractivity contribution is 6.04. The third kappa shape index (κ3) is 12.7. The molecule has 2 heterocycles. The van der Waals surface area contributed by atoms with Crippen LogP contribution in [-0.4, -0.2) is 99.7 Å². The van der Waals surface area contributed by atoms with Crippen LogP contribution in [0.25, 0.3) is 0 Å². The second kappa shape index (κ2) is 24.2. The van der Waals surface area contributed by atoms with Crippen molar-refractivity contribution in [1.29, 1.82) is 10.5 Å². The first-order valence-electron chi connectivity index (χ1n) is 23.2. The zero-order chi connectivity index (χ0) is 53.0. The van der Waals surface area contributed by atoms with E-state index in [1.54, 1.807) is 50.2 Å². The number of hydrogen-bond acceptors (Lipinski definition) is 11. The van der Waals surface area contributed by atoms with Crippen LogP contribution in [0.2, 0.25) is 0 Å². The SMILES string of the molecule is CCOC(=O)C1=C(C)N(c2cccc(C(C)(F)F)c2)C(=O)N(CCOCCOCCOCCN2C(=O)N(c3cccc(C(F)(F)F)c3)C(C)=C(C(=O)OCC)C2c2ccc(C#N)cc2)C1c1ccc(C#N)cc1. The monoisotopic (exact) mass is 1010 g/mol. The minimum atomic E-state index is -4.72. The lowest BCUT2D eigenvalue weighted by atomic mass is 9.92. The fourth-order valence-corrected chi connectivity index (χ4v) is 8.49. The number of ether oxygens (including phenoxy) is 5. The number of nitriles is 2. The number of halogens is 5. The molecule has 2 aliphatic heterocycles. The minimum absolute atomic E-state index is 0.00113. The van der Waals surface area contributed by atoms with Crippen LogP contribution >= 0.6 is 0 Å². The Morgan fingerprint density at radius 3 is 1.30 bits per heavy atom. The molecule has 2 unspecified atom stereocenters. The maximum absolute atomic E-state index is 14.5. The maximum Gasteiger partial charge on any atom is 0.416 e. The van der Waals surface area contributed by atoms with E-state index in [1.807, 2.05) is 12.1 Å². The number of allylic oxidation sites excluding steroid dienone is 2. The second-order valence-electron chi connectivity index (χ2n) is 16.7. The molecule has 4 aromatic rings. The summed E-state index contributed by atoms with van der Waals surface area (Å²) in [6.45, 7) is 6.73. The smallest absolute Gasteiger partial charge is 0.416 e. The molecule has 6 rings (SSSR count). The highest BCUT2D eigenvalue weighted by Gasteiger charge is 2.45. The molecule has 73 heavy (non-hydrogen) atoms. The molecule has 20 heteroatoms. The van der Waals surface area contributed by atoms with Crippen molar-refractivity contribution in [3.05, 3.63) is 153 Å². The standard InChI is InChI=1S/C53H53F5N6O9/c1-6-72-48(65)44-34(3)63(42-12-8-10-40(30-42)52(5,54)55)50(67)61(46(44)38-18-14-36(32-59)15-19-38)22-24-69-26-28-71-29-27-70-25-23-62-47(39-20-16-37(33-60)17-21-39)45(49(66)73-7-2)35(4)64(51(62)68)43-13-9-11-41(31-43)53(56,57)58/h8-21,30-31,46-47H,6-7,22-29H2,1-5H3. The van der Waals surface area contributed by atoms with Crippen LogP contribution in [0.5, 0.6) is 0 Å². The summed E-state index contributed by atoms with van der Waals surface area (Å²) in [5, 5.41) is 18.9. The van der Waals surface area contributed by atoms with E-state index in [1.165, 1.54) is 71.0 Å². The molecule has 0 saturated carbocycles. The van der Waals surface area contributed by atoms with Gasteiger partial charge in [0.25, 0.3) is 5.92 Å². The average molecular weight is 1010 g/mol. The van der Waals surface area contributed by atoms with Crippen molar-refractivity contribution in [1.82, 2.24) is 9.80 Å². The van der Waals surface area contributed by atoms with Crippen molar-refractivity contribution in [2.75, 3.05) is 75.7 Å². The van der Waals surface area contributed by atoms with Gasteiger partial charge in [0.05, 0.1) is 116 Å². The summed E-state index contributed by atoms with van der Waals surface area (Å²) in [6.07, 6.45) is -4.72. The Morgan fingerprint density at radius 2 is 0.945 bits per heavy atom. The lowest BCUT2D eigenvalue weighted by Gasteiger charge is -2.43. The van der Waals surface area contributed by atoms with Crippen molar-refractivity contribution in [3.8, 4) is 12.1 Å². The molecule has 0 aliphatic carbocycles. The van der Waals surface area contributed by atoms with Crippen LogP contribution in [-0.2, 0) is 45.4 Å². The topological polar surface area (TPSA) is 175 Å². The molecule has 15 nitrogen and oxygen atoms in total. The molecule has 0 spiro atoms. The predicted molar refractivity (Wildman–Crippen MR) is 256 cm³/mol. The third-order valence-corrected chi connectivity index (χ3v) is 11.9. The molecular weight excluding hydrogens is 960 g/mol. The number of carbonyl (C=O) groups is 4. The Bertz CT molecular complexity index is 2610. The van der Waals surface area contributed by atoms with E-state index in [2.05, 4.69) is 0 Å². The van der Waals surface area contributed by atoms with Gasteiger partial charge in [0.1, 0.15) is 0 Å². The summed E-state index contributed by atoms with van der Waals surface area (Å²) in [5.74, 6) is -4.76. The number of amides is 4. The van der Waals surface area contributed by atoms with Crippen LogP contribution in [0.15, 0.2) is 120 Å². The Balaban J connectivity index is 1.11. The molecule has 4 amide bonds. The van der Waals surface area contributed by atoms with Gasteiger partial charge in [-0.3, -0.25) is 9.80 Å². The predicted octanol–water partition coefficient (Wildman–Crippen LogP) is 9.95. The number of nitrogens with zero attached hydrogens (tertiary/aromatic N) is 6. The summed E-state index contributed by atoms with van der Waals surface area (Å²) in [4.78, 5) is 61.2. The maximum atomic E-state index is 14.5. The quantitative estimate of drug-likeness (QED) is 0.0441. The normalized spacial score (nSPS) is 16.4. The van der Waals surface area contributed by atoms with Crippen molar-refractivity contribution in [2.45, 2.75) is 58.8 Å². The molecule has 0 radical (unpaired) electrons. The zero-order valence-corrected chi connectivity index (χ0v) is 40.7. The van der Waals surface area contributed by atoms with Gasteiger partial charge in [0, 0.05) is 37.0 Å². The van der Waals surface area contributed by atoms with Gasteiger partial charge in [0.15, 0.2) is 0 Å². The van der Waals surface area contributed by atoms with Gasteiger partial charge in [0.2, 0.25) is 0 Å². The van der Waals surface area contributed by atoms with E-state index < -0.39 is 53.7 Å². The van der Waals surface area contributed by atoms with Crippen LogP contribution < -0.4 is 9.80 Å². The van der Waals surface area contributed by atoms with E-state index >= 15 is 0 Å². The number of rotatable bonds is 21. The highest BCUT2D eigenvalue weighted by atomic mass is 19.4. The Kier molecular flexibility index (Phi) is 18.1. The average Bonchev–Trinajstić information content (AvgIpc) is 3.36. The number of esters is 2. The molecule has 0 saturated heterocycles. The third-order valence-electron chi connectivity index (χ3n) is 11.9. The van der Waals surface area contributed by atoms with Crippen molar-refractivity contribution < 1.29 is 64.8 Å². The Hall–Kier alpha value is -7.65. The second-order valence-corrected chi connectivity index (χ2v) is 16.7. The summed E-state index contributed by atoms with van der Waals surface area (Å²) >= 11 is 0. The van der Waals surface area contributed by atoms with Gasteiger partial charge < -0.3 is 33.5 Å². The summed E-state index contributed by atoms with van der Waals surface area (Å²) in [6, 6.07) is 22.6. The lowest BCUT2D eigenvalue weighted by molar-refractivity contribution is -0.140. The van der Waals surface area contributed by atoms with E-state index in [0.29, 0.717) is 22.3 Å². The largest absolute Gasteiger partial charge is 0.463 e. The molecule has 0 N–H and O–H groups in total. The van der Waals surface area contributed by atoms with Crippen LogP contribution in [0.1, 0.15) is 80.1 Å².